The molecular formula is C12H14O2. The second kappa shape index (κ2) is 3.21. The topological polar surface area (TPSA) is 37.3 Å². The van der Waals surface area contributed by atoms with Gasteiger partial charge in [0.2, 0.25) is 0 Å². The molecule has 0 heterocycles. The third-order valence-corrected chi connectivity index (χ3v) is 2.77. The zero-order valence-corrected chi connectivity index (χ0v) is 8.29. The van der Waals surface area contributed by atoms with Crippen LogP contribution in [-0.4, -0.2) is 17.0 Å². The lowest BCUT2D eigenvalue weighted by Gasteiger charge is -2.10. The van der Waals surface area contributed by atoms with Crippen molar-refractivity contribution in [1.29, 1.82) is 0 Å². The fourth-order valence-electron chi connectivity index (χ4n) is 1.68. The van der Waals surface area contributed by atoms with E-state index in [1.165, 1.54) is 0 Å². The molecule has 1 aliphatic rings. The Hall–Kier alpha value is -1.15. The lowest BCUT2D eigenvalue weighted by atomic mass is 9.99. The van der Waals surface area contributed by atoms with Crippen molar-refractivity contribution >= 4 is 6.29 Å². The molecule has 0 unspecified atom stereocenters. The zero-order valence-electron chi connectivity index (χ0n) is 8.29. The van der Waals surface area contributed by atoms with E-state index in [0.717, 1.165) is 30.3 Å². The van der Waals surface area contributed by atoms with Crippen molar-refractivity contribution in [3.05, 3.63) is 34.9 Å². The lowest BCUT2D eigenvalue weighted by molar-refractivity contribution is 0.112. The van der Waals surface area contributed by atoms with E-state index < -0.39 is 5.60 Å². The molecule has 0 spiro atoms. The highest BCUT2D eigenvalue weighted by atomic mass is 16.3. The van der Waals surface area contributed by atoms with Crippen LogP contribution in [0.3, 0.4) is 0 Å². The number of benzene rings is 1. The molecule has 1 aromatic rings. The van der Waals surface area contributed by atoms with Crippen molar-refractivity contribution in [3.63, 3.8) is 0 Å². The third-order valence-electron chi connectivity index (χ3n) is 2.77. The van der Waals surface area contributed by atoms with E-state index >= 15 is 0 Å². The maximum Gasteiger partial charge on any atom is 0.150 e. The molecule has 0 aromatic heterocycles. The number of carbonyl (C=O) groups is 1. The van der Waals surface area contributed by atoms with Crippen molar-refractivity contribution in [3.8, 4) is 0 Å². The summed E-state index contributed by atoms with van der Waals surface area (Å²) in [5.74, 6) is 0. The predicted octanol–water partition coefficient (Wildman–Crippen LogP) is 1.87. The number of aryl methyl sites for hydroxylation is 1. The fourth-order valence-corrected chi connectivity index (χ4v) is 1.68. The van der Waals surface area contributed by atoms with Gasteiger partial charge in [-0.3, -0.25) is 4.79 Å². The van der Waals surface area contributed by atoms with Gasteiger partial charge in [-0.25, -0.2) is 0 Å². The van der Waals surface area contributed by atoms with Crippen LogP contribution in [0.25, 0.3) is 0 Å². The molecule has 0 saturated heterocycles. The third kappa shape index (κ3) is 1.85. The van der Waals surface area contributed by atoms with Crippen LogP contribution in [-0.2, 0) is 6.42 Å². The maximum atomic E-state index is 10.8. The van der Waals surface area contributed by atoms with Crippen molar-refractivity contribution in [2.75, 3.05) is 0 Å². The van der Waals surface area contributed by atoms with Crippen LogP contribution in [0.5, 0.6) is 0 Å². The van der Waals surface area contributed by atoms with E-state index in [-0.39, 0.29) is 0 Å². The zero-order chi connectivity index (χ0) is 10.2. The smallest absolute Gasteiger partial charge is 0.150 e. The molecule has 0 atom stereocenters. The van der Waals surface area contributed by atoms with Crippen LogP contribution < -0.4 is 0 Å². The first-order chi connectivity index (χ1) is 6.63. The SMILES string of the molecule is Cc1ccc(C=O)c(CC2(O)CC2)c1. The fraction of sp³-hybridized carbons (Fsp3) is 0.417. The number of hydrogen-bond donors (Lipinski definition) is 1. The van der Waals surface area contributed by atoms with Gasteiger partial charge >= 0.3 is 0 Å². The van der Waals surface area contributed by atoms with Crippen molar-refractivity contribution in [1.82, 2.24) is 0 Å². The van der Waals surface area contributed by atoms with Crippen LogP contribution in [0.15, 0.2) is 18.2 Å². The van der Waals surface area contributed by atoms with Gasteiger partial charge in [-0.2, -0.15) is 0 Å². The predicted molar refractivity (Wildman–Crippen MR) is 54.5 cm³/mol. The number of hydrogen-bond acceptors (Lipinski definition) is 2. The summed E-state index contributed by atoms with van der Waals surface area (Å²) in [7, 11) is 0. The molecular weight excluding hydrogens is 176 g/mol. The largest absolute Gasteiger partial charge is 0.390 e. The molecule has 1 aliphatic carbocycles. The Morgan fingerprint density at radius 3 is 2.79 bits per heavy atom. The summed E-state index contributed by atoms with van der Waals surface area (Å²) in [6.07, 6.45) is 3.20. The summed E-state index contributed by atoms with van der Waals surface area (Å²) in [6.45, 7) is 2.00. The quantitative estimate of drug-likeness (QED) is 0.739. The van der Waals surface area contributed by atoms with E-state index in [2.05, 4.69) is 0 Å². The van der Waals surface area contributed by atoms with Gasteiger partial charge in [0.15, 0.2) is 0 Å². The Bertz CT molecular complexity index is 365. The van der Waals surface area contributed by atoms with Gasteiger partial charge in [-0.1, -0.05) is 23.8 Å². The molecule has 0 amide bonds. The molecule has 2 rings (SSSR count). The van der Waals surface area contributed by atoms with Crippen molar-refractivity contribution in [2.45, 2.75) is 31.8 Å². The van der Waals surface area contributed by atoms with Gasteiger partial charge in [-0.05, 0) is 25.3 Å². The van der Waals surface area contributed by atoms with Crippen LogP contribution in [0.2, 0.25) is 0 Å². The van der Waals surface area contributed by atoms with E-state index in [4.69, 9.17) is 0 Å². The Balaban J connectivity index is 2.29. The van der Waals surface area contributed by atoms with Gasteiger partial charge < -0.3 is 5.11 Å². The molecule has 0 aliphatic heterocycles. The van der Waals surface area contributed by atoms with Crippen molar-refractivity contribution in [2.24, 2.45) is 0 Å². The molecule has 1 saturated carbocycles. The minimum absolute atomic E-state index is 0.522. The lowest BCUT2D eigenvalue weighted by Crippen LogP contribution is -2.12. The first-order valence-electron chi connectivity index (χ1n) is 4.90. The average Bonchev–Trinajstić information content (AvgIpc) is 2.84. The highest BCUT2D eigenvalue weighted by Crippen LogP contribution is 2.38. The highest BCUT2D eigenvalue weighted by Gasteiger charge is 2.40. The first kappa shape index (κ1) is 9.41. The maximum absolute atomic E-state index is 10.8. The molecule has 2 nitrogen and oxygen atoms in total. The molecule has 1 aromatic carbocycles. The molecule has 1 N–H and O–H groups in total. The Morgan fingerprint density at radius 2 is 2.21 bits per heavy atom. The van der Waals surface area contributed by atoms with Gasteiger partial charge in [0.05, 0.1) is 5.60 Å². The molecule has 0 bridgehead atoms. The molecule has 0 radical (unpaired) electrons. The minimum Gasteiger partial charge on any atom is -0.390 e. The van der Waals surface area contributed by atoms with Gasteiger partial charge in [0.1, 0.15) is 6.29 Å². The van der Waals surface area contributed by atoms with Crippen LogP contribution in [0, 0.1) is 6.92 Å². The number of rotatable bonds is 3. The summed E-state index contributed by atoms with van der Waals surface area (Å²) in [5.41, 5.74) is 2.29. The summed E-state index contributed by atoms with van der Waals surface area (Å²) in [5, 5.41) is 9.78. The highest BCUT2D eigenvalue weighted by molar-refractivity contribution is 5.77. The normalized spacial score (nSPS) is 17.9. The second-order valence-corrected chi connectivity index (χ2v) is 4.22. The van der Waals surface area contributed by atoms with Gasteiger partial charge in [0, 0.05) is 12.0 Å². The summed E-state index contributed by atoms with van der Waals surface area (Å²) < 4.78 is 0. The molecule has 1 fully saturated rings. The Labute approximate surface area is 83.6 Å². The van der Waals surface area contributed by atoms with E-state index in [1.54, 1.807) is 0 Å². The van der Waals surface area contributed by atoms with E-state index in [9.17, 15) is 9.90 Å². The number of aldehydes is 1. The summed E-state index contributed by atoms with van der Waals surface area (Å²) >= 11 is 0. The van der Waals surface area contributed by atoms with Crippen LogP contribution in [0.1, 0.15) is 34.3 Å². The van der Waals surface area contributed by atoms with E-state index in [1.807, 2.05) is 25.1 Å². The van der Waals surface area contributed by atoms with Gasteiger partial charge in [0.25, 0.3) is 0 Å². The van der Waals surface area contributed by atoms with E-state index in [0.29, 0.717) is 12.0 Å². The molecule has 2 heteroatoms. The van der Waals surface area contributed by atoms with Crippen LogP contribution >= 0.6 is 0 Å². The van der Waals surface area contributed by atoms with Gasteiger partial charge in [-0.15, -0.1) is 0 Å². The van der Waals surface area contributed by atoms with Crippen LogP contribution in [0.4, 0.5) is 0 Å². The Morgan fingerprint density at radius 1 is 1.50 bits per heavy atom. The summed E-state index contributed by atoms with van der Waals surface area (Å²) in [6, 6.07) is 5.73. The average molecular weight is 190 g/mol. The first-order valence-corrected chi connectivity index (χ1v) is 4.90. The number of aliphatic hydroxyl groups is 1. The summed E-state index contributed by atoms with van der Waals surface area (Å²) in [4.78, 5) is 10.8. The second-order valence-electron chi connectivity index (χ2n) is 4.22. The number of carbonyl (C=O) groups excluding carboxylic acids is 1. The molecule has 74 valence electrons. The monoisotopic (exact) mass is 190 g/mol. The Kier molecular flexibility index (Phi) is 2.16. The standard InChI is InChI=1S/C12H14O2/c1-9-2-3-10(8-13)11(6-9)7-12(14)4-5-12/h2-3,6,8,14H,4-5,7H2,1H3. The minimum atomic E-state index is -0.522. The molecule has 14 heavy (non-hydrogen) atoms. The van der Waals surface area contributed by atoms with Crippen molar-refractivity contribution < 1.29 is 9.90 Å².